The van der Waals surface area contributed by atoms with Crippen LogP contribution >= 0.6 is 12.4 Å². The number of hydrogen-bond acceptors (Lipinski definition) is 5. The van der Waals surface area contributed by atoms with Crippen molar-refractivity contribution in [2.75, 3.05) is 13.1 Å². The smallest absolute Gasteiger partial charge is 0.240 e. The van der Waals surface area contributed by atoms with Crippen molar-refractivity contribution in [3.63, 3.8) is 0 Å². The van der Waals surface area contributed by atoms with E-state index in [2.05, 4.69) is 15.0 Å². The van der Waals surface area contributed by atoms with E-state index in [0.717, 1.165) is 18.4 Å². The van der Waals surface area contributed by atoms with Gasteiger partial charge in [0, 0.05) is 13.1 Å². The molecule has 1 aromatic rings. The molecule has 0 spiro atoms. The Morgan fingerprint density at radius 3 is 2.15 bits per heavy atom. The number of nitrogens with zero attached hydrogens (tertiary/aromatic N) is 3. The van der Waals surface area contributed by atoms with E-state index in [9.17, 15) is 0 Å². The van der Waals surface area contributed by atoms with Crippen molar-refractivity contribution in [3.05, 3.63) is 11.7 Å². The number of rotatable bonds is 7. The molecule has 6 heteroatoms. The van der Waals surface area contributed by atoms with Crippen LogP contribution in [0.4, 0.5) is 0 Å². The molecule has 0 aliphatic heterocycles. The third-order valence-electron chi connectivity index (χ3n) is 3.83. The summed E-state index contributed by atoms with van der Waals surface area (Å²) in [6, 6.07) is 0. The molecular formula is C14H25ClN4O. The van der Waals surface area contributed by atoms with Gasteiger partial charge in [-0.05, 0) is 51.4 Å². The minimum Gasteiger partial charge on any atom is -0.338 e. The van der Waals surface area contributed by atoms with Gasteiger partial charge in [-0.25, -0.2) is 0 Å². The second-order valence-electron chi connectivity index (χ2n) is 6.81. The standard InChI is InChI=1S/C14H24N4O.ClH/c1-14(2,15)13-16-12(19-17-13)9-18(7-10-3-4-10)8-11-5-6-11;/h10-11H,3-9,15H2,1-2H3;1H. The van der Waals surface area contributed by atoms with Gasteiger partial charge in [0.25, 0.3) is 0 Å². The zero-order chi connectivity index (χ0) is 13.5. The fourth-order valence-corrected chi connectivity index (χ4v) is 2.31. The summed E-state index contributed by atoms with van der Waals surface area (Å²) in [6.45, 7) is 6.93. The van der Waals surface area contributed by atoms with Gasteiger partial charge in [0.1, 0.15) is 0 Å². The lowest BCUT2D eigenvalue weighted by Gasteiger charge is -2.19. The highest BCUT2D eigenvalue weighted by molar-refractivity contribution is 5.85. The third-order valence-corrected chi connectivity index (χ3v) is 3.83. The number of aromatic nitrogens is 2. The van der Waals surface area contributed by atoms with Gasteiger partial charge >= 0.3 is 0 Å². The lowest BCUT2D eigenvalue weighted by molar-refractivity contribution is 0.210. The quantitative estimate of drug-likeness (QED) is 0.837. The zero-order valence-electron chi connectivity index (χ0n) is 12.3. The van der Waals surface area contributed by atoms with Crippen LogP contribution in [0, 0.1) is 11.8 Å². The van der Waals surface area contributed by atoms with Crippen molar-refractivity contribution in [1.82, 2.24) is 15.0 Å². The summed E-state index contributed by atoms with van der Waals surface area (Å²) < 4.78 is 5.34. The van der Waals surface area contributed by atoms with Crippen LogP contribution in [0.1, 0.15) is 51.2 Å². The maximum absolute atomic E-state index is 5.98. The van der Waals surface area contributed by atoms with Crippen LogP contribution in [0.2, 0.25) is 0 Å². The Hall–Kier alpha value is -0.650. The number of hydrogen-bond donors (Lipinski definition) is 1. The molecule has 2 N–H and O–H groups in total. The van der Waals surface area contributed by atoms with Gasteiger partial charge in [0.15, 0.2) is 5.82 Å². The van der Waals surface area contributed by atoms with Crippen molar-refractivity contribution in [2.24, 2.45) is 17.6 Å². The Morgan fingerprint density at radius 1 is 1.20 bits per heavy atom. The summed E-state index contributed by atoms with van der Waals surface area (Å²) in [5, 5.41) is 3.99. The molecule has 0 bridgehead atoms. The average molecular weight is 301 g/mol. The molecule has 5 nitrogen and oxygen atoms in total. The highest BCUT2D eigenvalue weighted by Gasteiger charge is 2.30. The summed E-state index contributed by atoms with van der Waals surface area (Å²) in [5.41, 5.74) is 5.46. The zero-order valence-corrected chi connectivity index (χ0v) is 13.2. The van der Waals surface area contributed by atoms with Crippen LogP contribution in [0.15, 0.2) is 4.52 Å². The Balaban J connectivity index is 0.00000147. The van der Waals surface area contributed by atoms with E-state index < -0.39 is 5.54 Å². The molecule has 0 radical (unpaired) electrons. The summed E-state index contributed by atoms with van der Waals surface area (Å²) in [7, 11) is 0. The number of halogens is 1. The summed E-state index contributed by atoms with van der Waals surface area (Å²) in [4.78, 5) is 6.91. The molecule has 114 valence electrons. The molecule has 1 heterocycles. The van der Waals surface area contributed by atoms with Crippen molar-refractivity contribution >= 4 is 12.4 Å². The van der Waals surface area contributed by atoms with E-state index in [0.29, 0.717) is 11.7 Å². The van der Waals surface area contributed by atoms with E-state index in [4.69, 9.17) is 10.3 Å². The first-order chi connectivity index (χ1) is 9.00. The minimum atomic E-state index is -0.528. The molecule has 0 saturated heterocycles. The predicted molar refractivity (Wildman–Crippen MR) is 79.5 cm³/mol. The van der Waals surface area contributed by atoms with Crippen molar-refractivity contribution < 1.29 is 4.52 Å². The first-order valence-electron chi connectivity index (χ1n) is 7.35. The van der Waals surface area contributed by atoms with Gasteiger partial charge in [-0.1, -0.05) is 5.16 Å². The van der Waals surface area contributed by atoms with Gasteiger partial charge in [-0.3, -0.25) is 4.90 Å². The second-order valence-corrected chi connectivity index (χ2v) is 6.81. The maximum Gasteiger partial charge on any atom is 0.240 e. The van der Waals surface area contributed by atoms with E-state index >= 15 is 0 Å². The normalized spacial score (nSPS) is 19.2. The molecule has 0 atom stereocenters. The predicted octanol–water partition coefficient (Wildman–Crippen LogP) is 2.31. The average Bonchev–Trinajstić information content (AvgIpc) is 3.21. The van der Waals surface area contributed by atoms with Crippen molar-refractivity contribution in [3.8, 4) is 0 Å². The lowest BCUT2D eigenvalue weighted by atomic mass is 10.1. The molecule has 3 rings (SSSR count). The molecule has 0 unspecified atom stereocenters. The van der Waals surface area contributed by atoms with Gasteiger partial charge in [0.2, 0.25) is 5.89 Å². The largest absolute Gasteiger partial charge is 0.338 e. The SMILES string of the molecule is CC(C)(N)c1noc(CN(CC2CC2)CC2CC2)n1.Cl. The van der Waals surface area contributed by atoms with Gasteiger partial charge in [-0.15, -0.1) is 12.4 Å². The first-order valence-corrected chi connectivity index (χ1v) is 7.35. The van der Waals surface area contributed by atoms with E-state index in [1.807, 2.05) is 13.8 Å². The van der Waals surface area contributed by atoms with Crippen molar-refractivity contribution in [1.29, 1.82) is 0 Å². The third kappa shape index (κ3) is 4.43. The van der Waals surface area contributed by atoms with E-state index in [1.54, 1.807) is 0 Å². The highest BCUT2D eigenvalue weighted by atomic mass is 35.5. The van der Waals surface area contributed by atoms with E-state index in [1.165, 1.54) is 38.8 Å². The van der Waals surface area contributed by atoms with Gasteiger partial charge in [0.05, 0.1) is 12.1 Å². The van der Waals surface area contributed by atoms with Crippen LogP contribution < -0.4 is 5.73 Å². The molecule has 0 amide bonds. The molecule has 2 aliphatic rings. The monoisotopic (exact) mass is 300 g/mol. The molecule has 2 saturated carbocycles. The Bertz CT molecular complexity index is 421. The van der Waals surface area contributed by atoms with Crippen LogP contribution in [-0.4, -0.2) is 28.1 Å². The van der Waals surface area contributed by atoms with Crippen LogP contribution in [0.5, 0.6) is 0 Å². The maximum atomic E-state index is 5.98. The fraction of sp³-hybridized carbons (Fsp3) is 0.857. The van der Waals surface area contributed by atoms with E-state index in [-0.39, 0.29) is 12.4 Å². The Labute approximate surface area is 126 Å². The number of nitrogens with two attached hydrogens (primary N) is 1. The molecule has 1 aromatic heterocycles. The lowest BCUT2D eigenvalue weighted by Crippen LogP contribution is -2.30. The molecular weight excluding hydrogens is 276 g/mol. The van der Waals surface area contributed by atoms with Crippen molar-refractivity contribution in [2.45, 2.75) is 51.6 Å². The highest BCUT2D eigenvalue weighted by Crippen LogP contribution is 2.34. The topological polar surface area (TPSA) is 68.2 Å². The minimum absolute atomic E-state index is 0. The summed E-state index contributed by atoms with van der Waals surface area (Å²) in [5.74, 6) is 3.09. The molecule has 2 aliphatic carbocycles. The Kier molecular flexibility index (Phi) is 4.72. The van der Waals surface area contributed by atoms with Crippen LogP contribution in [-0.2, 0) is 12.1 Å². The first kappa shape index (κ1) is 15.7. The second kappa shape index (κ2) is 6.00. The van der Waals surface area contributed by atoms with Gasteiger partial charge < -0.3 is 10.3 Å². The van der Waals surface area contributed by atoms with Gasteiger partial charge in [-0.2, -0.15) is 4.98 Å². The molecule has 0 aromatic carbocycles. The fourth-order valence-electron chi connectivity index (χ4n) is 2.31. The van der Waals surface area contributed by atoms with Crippen LogP contribution in [0.3, 0.4) is 0 Å². The Morgan fingerprint density at radius 2 is 1.75 bits per heavy atom. The molecule has 20 heavy (non-hydrogen) atoms. The molecule has 2 fully saturated rings. The summed E-state index contributed by atoms with van der Waals surface area (Å²) in [6.07, 6.45) is 5.52. The summed E-state index contributed by atoms with van der Waals surface area (Å²) >= 11 is 0. The van der Waals surface area contributed by atoms with Crippen LogP contribution in [0.25, 0.3) is 0 Å².